The van der Waals surface area contributed by atoms with Crippen molar-refractivity contribution in [1.82, 2.24) is 5.32 Å². The van der Waals surface area contributed by atoms with Crippen LogP contribution in [-0.4, -0.2) is 25.0 Å². The van der Waals surface area contributed by atoms with E-state index in [1.165, 1.54) is 13.0 Å². The SMILES string of the molecule is CC(=O)NC1CCN(c2ccc(CN)c(C(F)(F)F)c2)C1. The molecule has 3 N–H and O–H groups in total. The van der Waals surface area contributed by atoms with Crippen LogP contribution in [0, 0.1) is 0 Å². The van der Waals surface area contributed by atoms with Gasteiger partial charge in [-0.05, 0) is 24.1 Å². The summed E-state index contributed by atoms with van der Waals surface area (Å²) in [6, 6.07) is 4.18. The van der Waals surface area contributed by atoms with Crippen molar-refractivity contribution in [3.8, 4) is 0 Å². The van der Waals surface area contributed by atoms with E-state index in [0.29, 0.717) is 18.8 Å². The largest absolute Gasteiger partial charge is 0.416 e. The van der Waals surface area contributed by atoms with E-state index in [-0.39, 0.29) is 24.1 Å². The number of rotatable bonds is 3. The summed E-state index contributed by atoms with van der Waals surface area (Å²) in [6.07, 6.45) is -3.69. The number of nitrogens with one attached hydrogen (secondary N) is 1. The Labute approximate surface area is 121 Å². The van der Waals surface area contributed by atoms with Crippen LogP contribution in [0.4, 0.5) is 18.9 Å². The molecule has 7 heteroatoms. The lowest BCUT2D eigenvalue weighted by Crippen LogP contribution is -2.35. The Morgan fingerprint density at radius 1 is 1.48 bits per heavy atom. The van der Waals surface area contributed by atoms with Crippen LogP contribution in [0.2, 0.25) is 0 Å². The summed E-state index contributed by atoms with van der Waals surface area (Å²) in [5.74, 6) is -0.128. The summed E-state index contributed by atoms with van der Waals surface area (Å²) < 4.78 is 39.1. The highest BCUT2D eigenvalue weighted by Crippen LogP contribution is 2.35. The highest BCUT2D eigenvalue weighted by Gasteiger charge is 2.34. The van der Waals surface area contributed by atoms with Gasteiger partial charge in [-0.1, -0.05) is 6.07 Å². The van der Waals surface area contributed by atoms with Gasteiger partial charge >= 0.3 is 6.18 Å². The van der Waals surface area contributed by atoms with Crippen LogP contribution in [0.5, 0.6) is 0 Å². The van der Waals surface area contributed by atoms with Crippen LogP contribution in [0.25, 0.3) is 0 Å². The van der Waals surface area contributed by atoms with Gasteiger partial charge in [-0.25, -0.2) is 0 Å². The molecule has 1 saturated heterocycles. The Balaban J connectivity index is 2.20. The second-order valence-electron chi connectivity index (χ2n) is 5.18. The molecule has 0 spiro atoms. The molecule has 0 aliphatic carbocycles. The summed E-state index contributed by atoms with van der Waals surface area (Å²) in [4.78, 5) is 12.9. The molecule has 116 valence electrons. The molecule has 1 aliphatic heterocycles. The molecule has 0 saturated carbocycles. The molecule has 4 nitrogen and oxygen atoms in total. The highest BCUT2D eigenvalue weighted by molar-refractivity contribution is 5.73. The minimum Gasteiger partial charge on any atom is -0.369 e. The quantitative estimate of drug-likeness (QED) is 0.896. The number of hydrogen-bond donors (Lipinski definition) is 2. The van der Waals surface area contributed by atoms with Crippen molar-refractivity contribution in [2.75, 3.05) is 18.0 Å². The number of nitrogens with two attached hydrogens (primary N) is 1. The van der Waals surface area contributed by atoms with Gasteiger partial charge in [-0.3, -0.25) is 4.79 Å². The summed E-state index contributed by atoms with van der Waals surface area (Å²) in [5.41, 5.74) is 5.27. The summed E-state index contributed by atoms with van der Waals surface area (Å²) in [6.45, 7) is 2.41. The standard InChI is InChI=1S/C14H18F3N3O/c1-9(21)19-11-4-5-20(8-11)12-3-2-10(7-18)13(6-12)14(15,16)17/h2-3,6,11H,4-5,7-8,18H2,1H3,(H,19,21). The van der Waals surface area contributed by atoms with Crippen molar-refractivity contribution in [3.63, 3.8) is 0 Å². The zero-order valence-corrected chi connectivity index (χ0v) is 11.7. The fourth-order valence-electron chi connectivity index (χ4n) is 2.60. The number of alkyl halides is 3. The zero-order valence-electron chi connectivity index (χ0n) is 11.7. The first-order valence-corrected chi connectivity index (χ1v) is 6.73. The number of carbonyl (C=O) groups is 1. The Kier molecular flexibility index (Phi) is 4.41. The Morgan fingerprint density at radius 2 is 2.19 bits per heavy atom. The number of benzene rings is 1. The monoisotopic (exact) mass is 301 g/mol. The molecule has 0 bridgehead atoms. The van der Waals surface area contributed by atoms with Gasteiger partial charge in [-0.2, -0.15) is 13.2 Å². The molecule has 1 atom stereocenters. The van der Waals surface area contributed by atoms with Gasteiger partial charge in [0.25, 0.3) is 0 Å². The molecule has 1 aromatic carbocycles. The average Bonchev–Trinajstić information content (AvgIpc) is 2.84. The smallest absolute Gasteiger partial charge is 0.369 e. The number of nitrogens with zero attached hydrogens (tertiary/aromatic N) is 1. The van der Waals surface area contributed by atoms with E-state index in [0.717, 1.165) is 12.5 Å². The molecule has 2 rings (SSSR count). The molecule has 1 amide bonds. The highest BCUT2D eigenvalue weighted by atomic mass is 19.4. The van der Waals surface area contributed by atoms with E-state index in [1.54, 1.807) is 6.07 Å². The molecular formula is C14H18F3N3O. The first kappa shape index (κ1) is 15.6. The minimum absolute atomic E-state index is 0.0222. The van der Waals surface area contributed by atoms with Gasteiger partial charge in [0.15, 0.2) is 0 Å². The van der Waals surface area contributed by atoms with Crippen molar-refractivity contribution < 1.29 is 18.0 Å². The molecule has 1 fully saturated rings. The second kappa shape index (κ2) is 5.93. The van der Waals surface area contributed by atoms with E-state index in [1.807, 2.05) is 4.90 Å². The van der Waals surface area contributed by atoms with Gasteiger partial charge in [0.2, 0.25) is 5.91 Å². The van der Waals surface area contributed by atoms with Gasteiger partial charge < -0.3 is 16.0 Å². The zero-order chi connectivity index (χ0) is 15.6. The lowest BCUT2D eigenvalue weighted by atomic mass is 10.1. The van der Waals surface area contributed by atoms with Crippen LogP contribution in [0.3, 0.4) is 0 Å². The van der Waals surface area contributed by atoms with Crippen molar-refractivity contribution >= 4 is 11.6 Å². The lowest BCUT2D eigenvalue weighted by Gasteiger charge is -2.21. The number of carbonyl (C=O) groups excluding carboxylic acids is 1. The summed E-state index contributed by atoms with van der Waals surface area (Å²) in [5, 5.41) is 2.79. The average molecular weight is 301 g/mol. The predicted octanol–water partition coefficient (Wildman–Crippen LogP) is 1.88. The van der Waals surface area contributed by atoms with E-state index in [9.17, 15) is 18.0 Å². The third kappa shape index (κ3) is 3.66. The number of hydrogen-bond acceptors (Lipinski definition) is 3. The van der Waals surface area contributed by atoms with Crippen molar-refractivity contribution in [2.45, 2.75) is 32.1 Å². The van der Waals surface area contributed by atoms with Crippen LogP contribution in [-0.2, 0) is 17.5 Å². The van der Waals surface area contributed by atoms with E-state index < -0.39 is 11.7 Å². The van der Waals surface area contributed by atoms with Gasteiger partial charge in [-0.15, -0.1) is 0 Å². The Hall–Kier alpha value is -1.76. The van der Waals surface area contributed by atoms with E-state index in [2.05, 4.69) is 5.32 Å². The van der Waals surface area contributed by atoms with Crippen LogP contribution >= 0.6 is 0 Å². The molecule has 0 radical (unpaired) electrons. The third-order valence-corrected chi connectivity index (χ3v) is 3.58. The molecule has 1 heterocycles. The summed E-state index contributed by atoms with van der Waals surface area (Å²) >= 11 is 0. The van der Waals surface area contributed by atoms with Crippen LogP contribution < -0.4 is 16.0 Å². The number of anilines is 1. The third-order valence-electron chi connectivity index (χ3n) is 3.58. The molecular weight excluding hydrogens is 283 g/mol. The minimum atomic E-state index is -4.42. The number of halogens is 3. The van der Waals surface area contributed by atoms with E-state index >= 15 is 0 Å². The van der Waals surface area contributed by atoms with E-state index in [4.69, 9.17) is 5.73 Å². The van der Waals surface area contributed by atoms with Crippen molar-refractivity contribution in [3.05, 3.63) is 29.3 Å². The Morgan fingerprint density at radius 3 is 2.76 bits per heavy atom. The fourth-order valence-corrected chi connectivity index (χ4v) is 2.60. The van der Waals surface area contributed by atoms with Crippen molar-refractivity contribution in [2.24, 2.45) is 5.73 Å². The maximum Gasteiger partial charge on any atom is 0.416 e. The van der Waals surface area contributed by atoms with Crippen molar-refractivity contribution in [1.29, 1.82) is 0 Å². The van der Waals surface area contributed by atoms with Gasteiger partial charge in [0, 0.05) is 38.3 Å². The van der Waals surface area contributed by atoms with Gasteiger partial charge in [0.05, 0.1) is 5.56 Å². The fraction of sp³-hybridized carbons (Fsp3) is 0.500. The Bertz CT molecular complexity index is 531. The maximum atomic E-state index is 13.0. The maximum absolute atomic E-state index is 13.0. The topological polar surface area (TPSA) is 58.4 Å². The first-order valence-electron chi connectivity index (χ1n) is 6.73. The first-order chi connectivity index (χ1) is 9.81. The molecule has 1 aromatic rings. The molecule has 1 unspecified atom stereocenters. The van der Waals surface area contributed by atoms with Crippen LogP contribution in [0.1, 0.15) is 24.5 Å². The molecule has 0 aromatic heterocycles. The molecule has 1 aliphatic rings. The lowest BCUT2D eigenvalue weighted by molar-refractivity contribution is -0.138. The van der Waals surface area contributed by atoms with Gasteiger partial charge in [0.1, 0.15) is 0 Å². The predicted molar refractivity (Wildman–Crippen MR) is 73.8 cm³/mol. The van der Waals surface area contributed by atoms with Crippen LogP contribution in [0.15, 0.2) is 18.2 Å². The molecule has 21 heavy (non-hydrogen) atoms. The summed E-state index contributed by atoms with van der Waals surface area (Å²) in [7, 11) is 0. The normalized spacial score (nSPS) is 18.9. The number of amides is 1. The second-order valence-corrected chi connectivity index (χ2v) is 5.18.